The average Bonchev–Trinajstić information content (AvgIpc) is 2.51. The molecule has 0 unspecified atom stereocenters. The highest BCUT2D eigenvalue weighted by Gasteiger charge is 2.13. The molecule has 5 nitrogen and oxygen atoms in total. The number of carboxylic acids is 1. The molecule has 0 aromatic heterocycles. The van der Waals surface area contributed by atoms with Gasteiger partial charge in [-0.25, -0.2) is 4.79 Å². The zero-order valence-electron chi connectivity index (χ0n) is 13.3. The maximum atomic E-state index is 10.9. The summed E-state index contributed by atoms with van der Waals surface area (Å²) in [4.78, 5) is 10.9. The number of ether oxygens (including phenoxy) is 2. The molecule has 0 bridgehead atoms. The molecular weight excluding hydrogens is 362 g/mol. The van der Waals surface area contributed by atoms with Gasteiger partial charge in [0, 0.05) is 0 Å². The molecule has 124 valence electrons. The van der Waals surface area contributed by atoms with Crippen LogP contribution in [0.25, 0.3) is 6.08 Å². The third-order valence-corrected chi connectivity index (χ3v) is 3.58. The molecule has 0 radical (unpaired) electrons. The molecule has 1 aromatic rings. The second kappa shape index (κ2) is 9.90. The lowest BCUT2D eigenvalue weighted by atomic mass is 10.1. The molecule has 0 saturated carbocycles. The van der Waals surface area contributed by atoms with E-state index in [2.05, 4.69) is 22.9 Å². The van der Waals surface area contributed by atoms with Crippen LogP contribution in [0.2, 0.25) is 0 Å². The molecule has 1 rings (SSSR count). The SMILES string of the molecule is CCCCCOc1c(Br)cc(C=C(C#N)C(=O)O)cc1OCC. The minimum atomic E-state index is -1.26. The van der Waals surface area contributed by atoms with Gasteiger partial charge >= 0.3 is 5.97 Å². The van der Waals surface area contributed by atoms with Gasteiger partial charge in [0.2, 0.25) is 0 Å². The predicted octanol–water partition coefficient (Wildman–Crippen LogP) is 4.41. The first kappa shape index (κ1) is 19.0. The fraction of sp³-hybridized carbons (Fsp3) is 0.412. The predicted molar refractivity (Wildman–Crippen MR) is 91.6 cm³/mol. The first-order chi connectivity index (χ1) is 11.0. The summed E-state index contributed by atoms with van der Waals surface area (Å²) in [5.41, 5.74) is 0.219. The van der Waals surface area contributed by atoms with Crippen molar-refractivity contribution >= 4 is 28.0 Å². The van der Waals surface area contributed by atoms with Gasteiger partial charge in [0.1, 0.15) is 11.6 Å². The maximum absolute atomic E-state index is 10.9. The maximum Gasteiger partial charge on any atom is 0.346 e. The van der Waals surface area contributed by atoms with Crippen LogP contribution in [0, 0.1) is 11.3 Å². The molecule has 0 saturated heterocycles. The number of carbonyl (C=O) groups is 1. The van der Waals surface area contributed by atoms with E-state index in [1.807, 2.05) is 6.92 Å². The number of rotatable bonds is 9. The molecule has 0 amide bonds. The van der Waals surface area contributed by atoms with E-state index in [4.69, 9.17) is 19.8 Å². The molecule has 0 aliphatic rings. The number of hydrogen-bond acceptors (Lipinski definition) is 4. The van der Waals surface area contributed by atoms with Gasteiger partial charge in [0.15, 0.2) is 11.5 Å². The summed E-state index contributed by atoms with van der Waals surface area (Å²) in [7, 11) is 0. The van der Waals surface area contributed by atoms with Gasteiger partial charge in [-0.15, -0.1) is 0 Å². The molecule has 0 heterocycles. The molecule has 0 fully saturated rings. The van der Waals surface area contributed by atoms with Crippen molar-refractivity contribution in [2.45, 2.75) is 33.1 Å². The van der Waals surface area contributed by atoms with Crippen molar-refractivity contribution in [1.82, 2.24) is 0 Å². The van der Waals surface area contributed by atoms with Crippen LogP contribution in [-0.4, -0.2) is 24.3 Å². The van der Waals surface area contributed by atoms with Crippen molar-refractivity contribution in [3.63, 3.8) is 0 Å². The van der Waals surface area contributed by atoms with Crippen LogP contribution in [0.3, 0.4) is 0 Å². The minimum Gasteiger partial charge on any atom is -0.490 e. The summed E-state index contributed by atoms with van der Waals surface area (Å²) >= 11 is 3.42. The number of nitrogens with zero attached hydrogens (tertiary/aromatic N) is 1. The number of halogens is 1. The van der Waals surface area contributed by atoms with E-state index in [0.29, 0.717) is 34.7 Å². The summed E-state index contributed by atoms with van der Waals surface area (Å²) in [6.07, 6.45) is 4.45. The standard InChI is InChI=1S/C17H20BrNO4/c1-3-5-6-7-23-16-14(18)9-12(10-15(16)22-4-2)8-13(11-19)17(20)21/h8-10H,3-7H2,1-2H3,(H,20,21). The van der Waals surface area contributed by atoms with Gasteiger partial charge in [-0.2, -0.15) is 5.26 Å². The zero-order valence-corrected chi connectivity index (χ0v) is 14.9. The number of hydrogen-bond donors (Lipinski definition) is 1. The Labute approximate surface area is 144 Å². The molecule has 1 N–H and O–H groups in total. The van der Waals surface area contributed by atoms with Gasteiger partial charge < -0.3 is 14.6 Å². The highest BCUT2D eigenvalue weighted by molar-refractivity contribution is 9.10. The van der Waals surface area contributed by atoms with Gasteiger partial charge in [-0.1, -0.05) is 19.8 Å². The molecule has 0 atom stereocenters. The second-order valence-electron chi connectivity index (χ2n) is 4.79. The summed E-state index contributed by atoms with van der Waals surface area (Å²) in [5, 5.41) is 17.8. The Hall–Kier alpha value is -2.00. The Morgan fingerprint density at radius 1 is 1.35 bits per heavy atom. The average molecular weight is 382 g/mol. The summed E-state index contributed by atoms with van der Waals surface area (Å²) in [6.45, 7) is 5.02. The third-order valence-electron chi connectivity index (χ3n) is 2.99. The lowest BCUT2D eigenvalue weighted by molar-refractivity contribution is -0.132. The lowest BCUT2D eigenvalue weighted by Gasteiger charge is -2.14. The van der Waals surface area contributed by atoms with E-state index in [0.717, 1.165) is 19.3 Å². The Morgan fingerprint density at radius 3 is 2.65 bits per heavy atom. The smallest absolute Gasteiger partial charge is 0.346 e. The van der Waals surface area contributed by atoms with Crippen molar-refractivity contribution < 1.29 is 19.4 Å². The largest absolute Gasteiger partial charge is 0.490 e. The van der Waals surface area contributed by atoms with E-state index < -0.39 is 5.97 Å². The van der Waals surface area contributed by atoms with Gasteiger partial charge in [0.05, 0.1) is 17.7 Å². The van der Waals surface area contributed by atoms with Gasteiger partial charge in [-0.3, -0.25) is 0 Å². The fourth-order valence-electron chi connectivity index (χ4n) is 1.91. The third kappa shape index (κ3) is 5.95. The van der Waals surface area contributed by atoms with Crippen LogP contribution >= 0.6 is 15.9 Å². The molecule has 0 spiro atoms. The molecule has 6 heteroatoms. The minimum absolute atomic E-state index is 0.337. The highest BCUT2D eigenvalue weighted by atomic mass is 79.9. The van der Waals surface area contributed by atoms with Gasteiger partial charge in [-0.05, 0) is 53.0 Å². The Morgan fingerprint density at radius 2 is 2.09 bits per heavy atom. The molecule has 0 aliphatic carbocycles. The molecule has 1 aromatic carbocycles. The number of carboxylic acid groups (broad SMARTS) is 1. The van der Waals surface area contributed by atoms with Crippen molar-refractivity contribution in [2.75, 3.05) is 13.2 Å². The number of aliphatic carboxylic acids is 1. The van der Waals surface area contributed by atoms with Crippen molar-refractivity contribution in [3.05, 3.63) is 27.7 Å². The summed E-state index contributed by atoms with van der Waals surface area (Å²) in [6, 6.07) is 5.03. The first-order valence-electron chi connectivity index (χ1n) is 7.47. The van der Waals surface area contributed by atoms with Crippen LogP contribution in [0.1, 0.15) is 38.7 Å². The lowest BCUT2D eigenvalue weighted by Crippen LogP contribution is -2.02. The van der Waals surface area contributed by atoms with E-state index in [1.54, 1.807) is 18.2 Å². The monoisotopic (exact) mass is 381 g/mol. The Bertz CT molecular complexity index is 620. The normalized spacial score (nSPS) is 11.0. The van der Waals surface area contributed by atoms with Crippen LogP contribution in [0.15, 0.2) is 22.2 Å². The zero-order chi connectivity index (χ0) is 17.2. The molecule has 23 heavy (non-hydrogen) atoms. The van der Waals surface area contributed by atoms with E-state index in [1.165, 1.54) is 6.08 Å². The van der Waals surface area contributed by atoms with E-state index >= 15 is 0 Å². The van der Waals surface area contributed by atoms with Crippen LogP contribution in [0.4, 0.5) is 0 Å². The number of unbranched alkanes of at least 4 members (excludes halogenated alkanes) is 2. The van der Waals surface area contributed by atoms with Crippen molar-refractivity contribution in [3.8, 4) is 17.6 Å². The summed E-state index contributed by atoms with van der Waals surface area (Å²) < 4.78 is 12.0. The number of nitriles is 1. The van der Waals surface area contributed by atoms with Crippen molar-refractivity contribution in [2.24, 2.45) is 0 Å². The van der Waals surface area contributed by atoms with Crippen LogP contribution < -0.4 is 9.47 Å². The number of benzene rings is 1. The van der Waals surface area contributed by atoms with Crippen LogP contribution in [-0.2, 0) is 4.79 Å². The second-order valence-corrected chi connectivity index (χ2v) is 5.65. The Kier molecular flexibility index (Phi) is 8.20. The van der Waals surface area contributed by atoms with E-state index in [9.17, 15) is 4.79 Å². The van der Waals surface area contributed by atoms with Gasteiger partial charge in [0.25, 0.3) is 0 Å². The van der Waals surface area contributed by atoms with E-state index in [-0.39, 0.29) is 5.57 Å². The first-order valence-corrected chi connectivity index (χ1v) is 8.27. The van der Waals surface area contributed by atoms with Crippen LogP contribution in [0.5, 0.6) is 11.5 Å². The summed E-state index contributed by atoms with van der Waals surface area (Å²) in [5.74, 6) is -0.150. The van der Waals surface area contributed by atoms with Crippen molar-refractivity contribution in [1.29, 1.82) is 5.26 Å². The highest BCUT2D eigenvalue weighted by Crippen LogP contribution is 2.37. The quantitative estimate of drug-likeness (QED) is 0.389. The Balaban J connectivity index is 3.10. The molecule has 0 aliphatic heterocycles. The molecular formula is C17H20BrNO4. The topological polar surface area (TPSA) is 79.5 Å². The fourth-order valence-corrected chi connectivity index (χ4v) is 2.48.